The summed E-state index contributed by atoms with van der Waals surface area (Å²) in [5.74, 6) is -0.0552. The van der Waals surface area contributed by atoms with Crippen LogP contribution in [0.25, 0.3) is 0 Å². The number of nitrogens with one attached hydrogen (secondary N) is 1. The summed E-state index contributed by atoms with van der Waals surface area (Å²) in [5.41, 5.74) is 1.16. The SMILES string of the molecule is Cc1cc(O)c(CN2CCNCC2)cc1F. The van der Waals surface area contributed by atoms with Crippen LogP contribution in [-0.4, -0.2) is 36.2 Å². The van der Waals surface area contributed by atoms with Gasteiger partial charge in [0.1, 0.15) is 11.6 Å². The van der Waals surface area contributed by atoms with Gasteiger partial charge in [-0.1, -0.05) is 0 Å². The van der Waals surface area contributed by atoms with Gasteiger partial charge in [0, 0.05) is 38.3 Å². The maximum atomic E-state index is 13.4. The number of phenols is 1. The molecule has 88 valence electrons. The molecule has 2 N–H and O–H groups in total. The van der Waals surface area contributed by atoms with Crippen LogP contribution < -0.4 is 5.32 Å². The number of hydrogen-bond acceptors (Lipinski definition) is 3. The predicted molar refractivity (Wildman–Crippen MR) is 60.9 cm³/mol. The highest BCUT2D eigenvalue weighted by Gasteiger charge is 2.13. The number of hydrogen-bond donors (Lipinski definition) is 2. The van der Waals surface area contributed by atoms with Crippen molar-refractivity contribution < 1.29 is 9.50 Å². The summed E-state index contributed by atoms with van der Waals surface area (Å²) >= 11 is 0. The highest BCUT2D eigenvalue weighted by molar-refractivity contribution is 5.36. The quantitative estimate of drug-likeness (QED) is 0.793. The van der Waals surface area contributed by atoms with Crippen LogP contribution in [-0.2, 0) is 6.54 Å². The predicted octanol–water partition coefficient (Wildman–Crippen LogP) is 1.24. The van der Waals surface area contributed by atoms with Gasteiger partial charge < -0.3 is 10.4 Å². The molecule has 16 heavy (non-hydrogen) atoms. The molecule has 0 unspecified atom stereocenters. The zero-order chi connectivity index (χ0) is 11.5. The largest absolute Gasteiger partial charge is 0.508 e. The molecule has 1 fully saturated rings. The van der Waals surface area contributed by atoms with Crippen LogP contribution in [0.15, 0.2) is 12.1 Å². The second-order valence-corrected chi connectivity index (χ2v) is 4.26. The van der Waals surface area contributed by atoms with Crippen LogP contribution >= 0.6 is 0 Å². The van der Waals surface area contributed by atoms with Gasteiger partial charge in [-0.05, 0) is 24.6 Å². The van der Waals surface area contributed by atoms with E-state index < -0.39 is 0 Å². The summed E-state index contributed by atoms with van der Waals surface area (Å²) in [5, 5.41) is 13.0. The number of rotatable bonds is 2. The van der Waals surface area contributed by atoms with Crippen molar-refractivity contribution in [3.63, 3.8) is 0 Å². The Labute approximate surface area is 94.9 Å². The second kappa shape index (κ2) is 4.80. The topological polar surface area (TPSA) is 35.5 Å². The van der Waals surface area contributed by atoms with Gasteiger partial charge in [0.15, 0.2) is 0 Å². The molecule has 1 aliphatic heterocycles. The van der Waals surface area contributed by atoms with Crippen molar-refractivity contribution >= 4 is 0 Å². The third-order valence-electron chi connectivity index (χ3n) is 2.96. The molecule has 0 radical (unpaired) electrons. The molecule has 1 aromatic carbocycles. The molecule has 4 heteroatoms. The van der Waals surface area contributed by atoms with E-state index in [0.29, 0.717) is 17.7 Å². The van der Waals surface area contributed by atoms with E-state index in [-0.39, 0.29) is 11.6 Å². The van der Waals surface area contributed by atoms with E-state index in [1.54, 1.807) is 6.92 Å². The molecule has 0 saturated carbocycles. The van der Waals surface area contributed by atoms with Gasteiger partial charge in [-0.15, -0.1) is 0 Å². The van der Waals surface area contributed by atoms with E-state index >= 15 is 0 Å². The normalized spacial score (nSPS) is 17.6. The van der Waals surface area contributed by atoms with Crippen LogP contribution in [0.1, 0.15) is 11.1 Å². The Morgan fingerprint density at radius 3 is 2.75 bits per heavy atom. The summed E-state index contributed by atoms with van der Waals surface area (Å²) in [6, 6.07) is 2.93. The van der Waals surface area contributed by atoms with E-state index in [1.165, 1.54) is 12.1 Å². The third-order valence-corrected chi connectivity index (χ3v) is 2.96. The number of nitrogens with zero attached hydrogens (tertiary/aromatic N) is 1. The number of phenolic OH excluding ortho intramolecular Hbond substituents is 1. The highest BCUT2D eigenvalue weighted by Crippen LogP contribution is 2.22. The summed E-state index contributed by atoms with van der Waals surface area (Å²) in [6.07, 6.45) is 0. The Hall–Kier alpha value is -1.13. The van der Waals surface area contributed by atoms with Gasteiger partial charge in [-0.25, -0.2) is 4.39 Å². The first-order valence-electron chi connectivity index (χ1n) is 5.58. The third kappa shape index (κ3) is 2.51. The minimum absolute atomic E-state index is 0.192. The molecule has 1 heterocycles. The summed E-state index contributed by atoms with van der Waals surface area (Å²) in [7, 11) is 0. The average Bonchev–Trinajstić information content (AvgIpc) is 2.27. The van der Waals surface area contributed by atoms with E-state index in [0.717, 1.165) is 26.2 Å². The number of piperazine rings is 1. The number of aryl methyl sites for hydroxylation is 1. The Bertz CT molecular complexity index is 376. The van der Waals surface area contributed by atoms with Crippen molar-refractivity contribution in [2.45, 2.75) is 13.5 Å². The number of benzene rings is 1. The first-order valence-corrected chi connectivity index (χ1v) is 5.58. The van der Waals surface area contributed by atoms with Crippen molar-refractivity contribution in [1.29, 1.82) is 0 Å². The molecular weight excluding hydrogens is 207 g/mol. The van der Waals surface area contributed by atoms with E-state index in [1.807, 2.05) is 0 Å². The minimum atomic E-state index is -0.247. The minimum Gasteiger partial charge on any atom is -0.508 e. The fourth-order valence-corrected chi connectivity index (χ4v) is 1.94. The fraction of sp³-hybridized carbons (Fsp3) is 0.500. The maximum absolute atomic E-state index is 13.4. The van der Waals surface area contributed by atoms with Gasteiger partial charge in [0.2, 0.25) is 0 Å². The lowest BCUT2D eigenvalue weighted by atomic mass is 10.1. The maximum Gasteiger partial charge on any atom is 0.126 e. The van der Waals surface area contributed by atoms with Gasteiger partial charge in [0.25, 0.3) is 0 Å². The molecule has 0 bridgehead atoms. The van der Waals surface area contributed by atoms with E-state index in [9.17, 15) is 9.50 Å². The first kappa shape index (κ1) is 11.4. The van der Waals surface area contributed by atoms with Crippen molar-refractivity contribution in [2.75, 3.05) is 26.2 Å². The highest BCUT2D eigenvalue weighted by atomic mass is 19.1. The van der Waals surface area contributed by atoms with Crippen molar-refractivity contribution in [3.8, 4) is 5.75 Å². The summed E-state index contributed by atoms with van der Waals surface area (Å²) < 4.78 is 13.4. The molecule has 0 spiro atoms. The van der Waals surface area contributed by atoms with Crippen LogP contribution in [0.3, 0.4) is 0 Å². The Morgan fingerprint density at radius 2 is 2.06 bits per heavy atom. The molecule has 1 saturated heterocycles. The fourth-order valence-electron chi connectivity index (χ4n) is 1.94. The van der Waals surface area contributed by atoms with Crippen molar-refractivity contribution in [3.05, 3.63) is 29.1 Å². The lowest BCUT2D eigenvalue weighted by molar-refractivity contribution is 0.230. The standard InChI is InChI=1S/C12H17FN2O/c1-9-6-12(16)10(7-11(9)13)8-15-4-2-14-3-5-15/h6-7,14,16H,2-5,8H2,1H3. The monoisotopic (exact) mass is 224 g/mol. The van der Waals surface area contributed by atoms with Crippen LogP contribution in [0.4, 0.5) is 4.39 Å². The molecule has 3 nitrogen and oxygen atoms in total. The molecule has 0 aliphatic carbocycles. The van der Waals surface area contributed by atoms with E-state index in [4.69, 9.17) is 0 Å². The molecule has 0 atom stereocenters. The van der Waals surface area contributed by atoms with Crippen molar-refractivity contribution in [2.24, 2.45) is 0 Å². The first-order chi connectivity index (χ1) is 7.66. The van der Waals surface area contributed by atoms with E-state index in [2.05, 4.69) is 10.2 Å². The Balaban J connectivity index is 2.11. The van der Waals surface area contributed by atoms with Crippen LogP contribution in [0.5, 0.6) is 5.75 Å². The summed E-state index contributed by atoms with van der Waals surface area (Å²) in [4.78, 5) is 2.21. The molecule has 0 aromatic heterocycles. The smallest absolute Gasteiger partial charge is 0.126 e. The Morgan fingerprint density at radius 1 is 1.38 bits per heavy atom. The van der Waals surface area contributed by atoms with Crippen molar-refractivity contribution in [1.82, 2.24) is 10.2 Å². The second-order valence-electron chi connectivity index (χ2n) is 4.26. The molecule has 1 aromatic rings. The van der Waals surface area contributed by atoms with Crippen LogP contribution in [0, 0.1) is 12.7 Å². The van der Waals surface area contributed by atoms with Crippen LogP contribution in [0.2, 0.25) is 0 Å². The van der Waals surface area contributed by atoms with Gasteiger partial charge >= 0.3 is 0 Å². The van der Waals surface area contributed by atoms with Gasteiger partial charge in [-0.2, -0.15) is 0 Å². The average molecular weight is 224 g/mol. The summed E-state index contributed by atoms with van der Waals surface area (Å²) in [6.45, 7) is 6.06. The number of aromatic hydroxyl groups is 1. The zero-order valence-electron chi connectivity index (χ0n) is 9.46. The number of halogens is 1. The molecule has 1 aliphatic rings. The van der Waals surface area contributed by atoms with Gasteiger partial charge in [-0.3, -0.25) is 4.90 Å². The molecule has 0 amide bonds. The zero-order valence-corrected chi connectivity index (χ0v) is 9.46. The lowest BCUT2D eigenvalue weighted by Crippen LogP contribution is -2.42. The Kier molecular flexibility index (Phi) is 3.41. The van der Waals surface area contributed by atoms with Gasteiger partial charge in [0.05, 0.1) is 0 Å². The molecule has 2 rings (SSSR count). The lowest BCUT2D eigenvalue weighted by Gasteiger charge is -2.27. The molecular formula is C12H17FN2O.